The van der Waals surface area contributed by atoms with Gasteiger partial charge in [0.15, 0.2) is 0 Å². The monoisotopic (exact) mass is 510 g/mol. The topological polar surface area (TPSA) is 36.4 Å². The Morgan fingerprint density at radius 2 is 1.53 bits per heavy atom. The second-order valence-corrected chi connectivity index (χ2v) is 10.4. The van der Waals surface area contributed by atoms with E-state index in [1.807, 2.05) is 104 Å². The van der Waals surface area contributed by atoms with Crippen LogP contribution in [0.15, 0.2) is 109 Å². The van der Waals surface area contributed by atoms with Gasteiger partial charge in [0.1, 0.15) is 11.7 Å². The van der Waals surface area contributed by atoms with Crippen molar-refractivity contribution >= 4 is 10.9 Å². The van der Waals surface area contributed by atoms with E-state index < -0.39 is 23.2 Å². The number of allylic oxidation sites excluding steroid dienone is 3. The molecule has 38 heavy (non-hydrogen) atoms. The van der Waals surface area contributed by atoms with Crippen molar-refractivity contribution in [3.63, 3.8) is 0 Å². The van der Waals surface area contributed by atoms with Gasteiger partial charge in [-0.25, -0.2) is 13.8 Å². The summed E-state index contributed by atoms with van der Waals surface area (Å²) in [6, 6.07) is 27.9. The molecule has 194 valence electrons. The van der Waals surface area contributed by atoms with Crippen LogP contribution in [-0.4, -0.2) is 41.2 Å². The van der Waals surface area contributed by atoms with Crippen molar-refractivity contribution in [2.75, 3.05) is 20.6 Å². The van der Waals surface area contributed by atoms with Crippen molar-refractivity contribution < 1.29 is 13.9 Å². The highest BCUT2D eigenvalue weighted by Gasteiger charge is 2.39. The molecule has 3 aromatic carbocycles. The number of nitrogens with zero attached hydrogens (tertiary/aromatic N) is 2. The minimum absolute atomic E-state index is 0.0351. The molecule has 5 rings (SSSR count). The Balaban J connectivity index is 1.76. The molecule has 2 atom stereocenters. The van der Waals surface area contributed by atoms with Crippen molar-refractivity contribution in [2.24, 2.45) is 5.92 Å². The first-order valence-electron chi connectivity index (χ1n) is 13.0. The van der Waals surface area contributed by atoms with Crippen LogP contribution < -0.4 is 0 Å². The molecule has 1 aromatic heterocycles. The standard InChI is InChI=1S/C33H32F2N2O/c1-37(2)18-17-33(38,25-19-26(34)21-27(35)20-25)22-29-28-15-9-10-16-30(28)36-32(24-13-7-4-8-14-24)31(29)23-11-5-3-6-12-23/h3-16,19,21,25,38H,17-18,20,22H2,1-2H3. The van der Waals surface area contributed by atoms with Gasteiger partial charge in [-0.2, -0.15) is 0 Å². The van der Waals surface area contributed by atoms with E-state index in [-0.39, 0.29) is 12.8 Å². The minimum atomic E-state index is -1.39. The molecule has 0 radical (unpaired) electrons. The zero-order valence-electron chi connectivity index (χ0n) is 21.7. The molecule has 0 saturated heterocycles. The Morgan fingerprint density at radius 1 is 0.895 bits per heavy atom. The number of halogens is 2. The summed E-state index contributed by atoms with van der Waals surface area (Å²) in [6.45, 7) is 0.572. The molecule has 1 aliphatic carbocycles. The fraction of sp³-hybridized carbons (Fsp3) is 0.242. The number of fused-ring (bicyclic) bond motifs is 1. The maximum absolute atomic E-state index is 14.5. The van der Waals surface area contributed by atoms with Gasteiger partial charge in [0, 0.05) is 47.9 Å². The van der Waals surface area contributed by atoms with Gasteiger partial charge in [0.25, 0.3) is 0 Å². The van der Waals surface area contributed by atoms with E-state index in [1.54, 1.807) is 0 Å². The third kappa shape index (κ3) is 5.45. The highest BCUT2D eigenvalue weighted by Crippen LogP contribution is 2.43. The largest absolute Gasteiger partial charge is 0.389 e. The van der Waals surface area contributed by atoms with Crippen LogP contribution in [0.5, 0.6) is 0 Å². The molecule has 0 aliphatic heterocycles. The predicted molar refractivity (Wildman–Crippen MR) is 151 cm³/mol. The second-order valence-electron chi connectivity index (χ2n) is 10.4. The molecule has 5 heteroatoms. The summed E-state index contributed by atoms with van der Waals surface area (Å²) in [4.78, 5) is 7.08. The molecule has 1 N–H and O–H groups in total. The lowest BCUT2D eigenvalue weighted by atomic mass is 9.74. The fourth-order valence-corrected chi connectivity index (χ4v) is 5.38. The average Bonchev–Trinajstić information content (AvgIpc) is 2.92. The van der Waals surface area contributed by atoms with Gasteiger partial charge in [-0.1, -0.05) is 78.9 Å². The number of aromatic nitrogens is 1. The lowest BCUT2D eigenvalue weighted by Gasteiger charge is -2.37. The predicted octanol–water partition coefficient (Wildman–Crippen LogP) is 7.52. The van der Waals surface area contributed by atoms with Crippen LogP contribution in [0.3, 0.4) is 0 Å². The van der Waals surface area contributed by atoms with E-state index in [2.05, 4.69) is 0 Å². The molecule has 4 aromatic rings. The molecular formula is C33H32F2N2O. The SMILES string of the molecule is CN(C)CCC(O)(Cc1c(-c2ccccc2)c(-c2ccccc2)nc2ccccc12)C1C=C(F)C=C(F)C1. The first kappa shape index (κ1) is 26.0. The van der Waals surface area contributed by atoms with Crippen LogP contribution in [0.4, 0.5) is 8.78 Å². The summed E-state index contributed by atoms with van der Waals surface area (Å²) in [5.74, 6) is -1.90. The van der Waals surface area contributed by atoms with E-state index in [4.69, 9.17) is 4.98 Å². The van der Waals surface area contributed by atoms with Gasteiger partial charge in [0.05, 0.1) is 16.8 Å². The summed E-state index contributed by atoms with van der Waals surface area (Å²) in [6.07, 6.45) is 2.82. The van der Waals surface area contributed by atoms with E-state index in [9.17, 15) is 13.9 Å². The molecule has 2 unspecified atom stereocenters. The van der Waals surface area contributed by atoms with Gasteiger partial charge in [0.2, 0.25) is 0 Å². The van der Waals surface area contributed by atoms with Crippen molar-refractivity contribution in [1.29, 1.82) is 0 Å². The number of hydrogen-bond acceptors (Lipinski definition) is 3. The highest BCUT2D eigenvalue weighted by atomic mass is 19.1. The first-order valence-corrected chi connectivity index (χ1v) is 13.0. The number of aliphatic hydroxyl groups is 1. The van der Waals surface area contributed by atoms with E-state index >= 15 is 0 Å². The van der Waals surface area contributed by atoms with Crippen LogP contribution in [0.1, 0.15) is 18.4 Å². The third-order valence-electron chi connectivity index (χ3n) is 7.34. The Kier molecular flexibility index (Phi) is 7.50. The van der Waals surface area contributed by atoms with E-state index in [1.165, 1.54) is 6.08 Å². The number of hydrogen-bond donors (Lipinski definition) is 1. The summed E-state index contributed by atoms with van der Waals surface area (Å²) in [5, 5.41) is 13.2. The van der Waals surface area contributed by atoms with Crippen LogP contribution in [0, 0.1) is 5.92 Å². The van der Waals surface area contributed by atoms with Crippen LogP contribution >= 0.6 is 0 Å². The lowest BCUT2D eigenvalue weighted by molar-refractivity contribution is -0.0157. The maximum Gasteiger partial charge on any atom is 0.122 e. The van der Waals surface area contributed by atoms with Crippen molar-refractivity contribution in [1.82, 2.24) is 9.88 Å². The quantitative estimate of drug-likeness (QED) is 0.266. The normalized spacial score (nSPS) is 17.3. The first-order chi connectivity index (χ1) is 18.3. The molecule has 0 bridgehead atoms. The fourth-order valence-electron chi connectivity index (χ4n) is 5.38. The van der Waals surface area contributed by atoms with Gasteiger partial charge < -0.3 is 10.0 Å². The second kappa shape index (κ2) is 11.0. The Labute approximate surface area is 222 Å². The Morgan fingerprint density at radius 3 is 2.18 bits per heavy atom. The van der Waals surface area contributed by atoms with E-state index in [0.29, 0.717) is 13.0 Å². The molecular weight excluding hydrogens is 478 g/mol. The average molecular weight is 511 g/mol. The molecule has 0 spiro atoms. The van der Waals surface area contributed by atoms with Crippen molar-refractivity contribution in [3.05, 3.63) is 114 Å². The van der Waals surface area contributed by atoms with Crippen molar-refractivity contribution in [3.8, 4) is 22.4 Å². The molecule has 1 heterocycles. The maximum atomic E-state index is 14.5. The van der Waals surface area contributed by atoms with Gasteiger partial charge >= 0.3 is 0 Å². The Hall–Kier alpha value is -3.67. The van der Waals surface area contributed by atoms with Crippen LogP contribution in [-0.2, 0) is 6.42 Å². The van der Waals surface area contributed by atoms with Crippen LogP contribution in [0.25, 0.3) is 33.3 Å². The molecule has 0 saturated carbocycles. The van der Waals surface area contributed by atoms with Gasteiger partial charge in [-0.15, -0.1) is 0 Å². The zero-order valence-corrected chi connectivity index (χ0v) is 21.7. The summed E-state index contributed by atoms with van der Waals surface area (Å²) >= 11 is 0. The van der Waals surface area contributed by atoms with Crippen LogP contribution in [0.2, 0.25) is 0 Å². The molecule has 1 aliphatic rings. The molecule has 0 fully saturated rings. The summed E-state index contributed by atoms with van der Waals surface area (Å²) in [7, 11) is 3.87. The Bertz CT molecular complexity index is 1480. The minimum Gasteiger partial charge on any atom is -0.389 e. The lowest BCUT2D eigenvalue weighted by Crippen LogP contribution is -2.43. The van der Waals surface area contributed by atoms with Gasteiger partial charge in [-0.3, -0.25) is 0 Å². The third-order valence-corrected chi connectivity index (χ3v) is 7.34. The molecule has 3 nitrogen and oxygen atoms in total. The highest BCUT2D eigenvalue weighted by molar-refractivity contribution is 5.96. The van der Waals surface area contributed by atoms with E-state index in [0.717, 1.165) is 44.9 Å². The zero-order chi connectivity index (χ0) is 26.7. The number of para-hydroxylation sites is 1. The van der Waals surface area contributed by atoms with Crippen molar-refractivity contribution in [2.45, 2.75) is 24.9 Å². The summed E-state index contributed by atoms with van der Waals surface area (Å²) in [5.41, 5.74) is 4.03. The molecule has 0 amide bonds. The number of pyridine rings is 1. The summed E-state index contributed by atoms with van der Waals surface area (Å²) < 4.78 is 28.9. The number of benzene rings is 3. The number of rotatable bonds is 8. The van der Waals surface area contributed by atoms with Gasteiger partial charge in [-0.05, 0) is 43.8 Å². The smallest absolute Gasteiger partial charge is 0.122 e.